The number of para-hydroxylation sites is 1. The Morgan fingerprint density at radius 3 is 2.28 bits per heavy atom. The normalized spacial score (nSPS) is 10.4. The van der Waals surface area contributed by atoms with Gasteiger partial charge in [-0.25, -0.2) is 0 Å². The molecule has 0 heterocycles. The Hall–Kier alpha value is -0.220. The molecule has 0 aliphatic rings. The summed E-state index contributed by atoms with van der Waals surface area (Å²) in [5, 5.41) is 4.65. The third kappa shape index (κ3) is 3.41. The zero-order valence-electron chi connectivity index (χ0n) is 9.18. The van der Waals surface area contributed by atoms with E-state index in [1.165, 1.54) is 0 Å². The van der Waals surface area contributed by atoms with Crippen LogP contribution in [0.4, 0.5) is 5.69 Å². The molecule has 2 aromatic rings. The van der Waals surface area contributed by atoms with Crippen LogP contribution in [0.1, 0.15) is 5.56 Å². The van der Waals surface area contributed by atoms with Crippen LogP contribution in [0.15, 0.2) is 45.3 Å². The molecule has 0 bridgehead atoms. The molecule has 0 aliphatic carbocycles. The molecule has 0 atom stereocenters. The van der Waals surface area contributed by atoms with Crippen LogP contribution in [-0.4, -0.2) is 0 Å². The van der Waals surface area contributed by atoms with Crippen molar-refractivity contribution in [1.82, 2.24) is 0 Å². The van der Waals surface area contributed by atoms with Crippen molar-refractivity contribution in [2.24, 2.45) is 0 Å². The highest BCUT2D eigenvalue weighted by molar-refractivity contribution is 9.11. The Morgan fingerprint density at radius 2 is 1.67 bits per heavy atom. The molecular weight excluding hydrogens is 401 g/mol. The average molecular weight is 410 g/mol. The van der Waals surface area contributed by atoms with Gasteiger partial charge >= 0.3 is 0 Å². The number of anilines is 1. The van der Waals surface area contributed by atoms with Gasteiger partial charge in [0.1, 0.15) is 0 Å². The molecular formula is C13H9Br2Cl2N. The van der Waals surface area contributed by atoms with E-state index in [4.69, 9.17) is 23.2 Å². The van der Waals surface area contributed by atoms with Crippen LogP contribution in [0.25, 0.3) is 0 Å². The van der Waals surface area contributed by atoms with E-state index in [1.54, 1.807) is 6.07 Å². The summed E-state index contributed by atoms with van der Waals surface area (Å²) in [6.45, 7) is 0.636. The molecule has 0 radical (unpaired) electrons. The molecule has 0 aromatic heterocycles. The van der Waals surface area contributed by atoms with Gasteiger partial charge in [-0.1, -0.05) is 35.3 Å². The van der Waals surface area contributed by atoms with Crippen molar-refractivity contribution in [2.45, 2.75) is 6.54 Å². The van der Waals surface area contributed by atoms with E-state index in [1.807, 2.05) is 30.3 Å². The van der Waals surface area contributed by atoms with E-state index >= 15 is 0 Å². The fraction of sp³-hybridized carbons (Fsp3) is 0.0769. The lowest BCUT2D eigenvalue weighted by molar-refractivity contribution is 1.14. The van der Waals surface area contributed by atoms with Crippen molar-refractivity contribution >= 4 is 60.7 Å². The van der Waals surface area contributed by atoms with Crippen molar-refractivity contribution in [3.8, 4) is 0 Å². The SMILES string of the molecule is Clc1ccc(CNc2c(Br)cccc2Br)c(Cl)c1. The van der Waals surface area contributed by atoms with E-state index in [-0.39, 0.29) is 0 Å². The van der Waals surface area contributed by atoms with Crippen LogP contribution in [0, 0.1) is 0 Å². The number of hydrogen-bond acceptors (Lipinski definition) is 1. The first-order valence-electron chi connectivity index (χ1n) is 5.20. The van der Waals surface area contributed by atoms with Crippen LogP contribution in [0.2, 0.25) is 10.0 Å². The van der Waals surface area contributed by atoms with E-state index < -0.39 is 0 Å². The van der Waals surface area contributed by atoms with Crippen molar-refractivity contribution in [1.29, 1.82) is 0 Å². The minimum Gasteiger partial charge on any atom is -0.379 e. The standard InChI is InChI=1S/C13H9Br2Cl2N/c14-10-2-1-3-11(15)13(10)18-7-8-4-5-9(16)6-12(8)17/h1-6,18H,7H2. The van der Waals surface area contributed by atoms with Gasteiger partial charge in [0, 0.05) is 25.5 Å². The van der Waals surface area contributed by atoms with Crippen LogP contribution in [0.3, 0.4) is 0 Å². The third-order valence-electron chi connectivity index (χ3n) is 2.43. The number of hydrogen-bond donors (Lipinski definition) is 1. The summed E-state index contributed by atoms with van der Waals surface area (Å²) in [6.07, 6.45) is 0. The molecule has 0 saturated heterocycles. The molecule has 1 N–H and O–H groups in total. The number of halogens is 4. The van der Waals surface area contributed by atoms with Gasteiger partial charge in [0.25, 0.3) is 0 Å². The summed E-state index contributed by atoms with van der Waals surface area (Å²) in [4.78, 5) is 0. The number of benzene rings is 2. The maximum absolute atomic E-state index is 6.13. The molecule has 0 saturated carbocycles. The Kier molecular flexibility index (Phi) is 4.96. The molecule has 0 aliphatic heterocycles. The summed E-state index contributed by atoms with van der Waals surface area (Å²) < 4.78 is 2.00. The minimum atomic E-state index is 0.636. The Balaban J connectivity index is 2.16. The topological polar surface area (TPSA) is 12.0 Å². The molecule has 0 fully saturated rings. The second kappa shape index (κ2) is 6.29. The second-order valence-corrected chi connectivity index (χ2v) is 6.24. The van der Waals surface area contributed by atoms with E-state index in [0.29, 0.717) is 16.6 Å². The summed E-state index contributed by atoms with van der Waals surface area (Å²) >= 11 is 19.0. The smallest absolute Gasteiger partial charge is 0.0631 e. The van der Waals surface area contributed by atoms with Crippen LogP contribution in [-0.2, 0) is 6.54 Å². The molecule has 2 rings (SSSR count). The lowest BCUT2D eigenvalue weighted by atomic mass is 10.2. The summed E-state index contributed by atoms with van der Waals surface area (Å²) in [5.41, 5.74) is 2.01. The largest absolute Gasteiger partial charge is 0.379 e. The minimum absolute atomic E-state index is 0.636. The predicted molar refractivity (Wildman–Crippen MR) is 85.6 cm³/mol. The Morgan fingerprint density at radius 1 is 1.00 bits per heavy atom. The molecule has 5 heteroatoms. The highest BCUT2D eigenvalue weighted by Crippen LogP contribution is 2.31. The lowest BCUT2D eigenvalue weighted by Gasteiger charge is -2.11. The quantitative estimate of drug-likeness (QED) is 0.642. The Bertz CT molecular complexity index is 553. The fourth-order valence-electron chi connectivity index (χ4n) is 1.52. The Labute approximate surface area is 133 Å². The van der Waals surface area contributed by atoms with Gasteiger partial charge in [0.15, 0.2) is 0 Å². The van der Waals surface area contributed by atoms with Crippen LogP contribution in [0.5, 0.6) is 0 Å². The molecule has 1 nitrogen and oxygen atoms in total. The molecule has 0 unspecified atom stereocenters. The third-order valence-corrected chi connectivity index (χ3v) is 4.34. The van der Waals surface area contributed by atoms with Gasteiger partial charge < -0.3 is 5.32 Å². The first-order chi connectivity index (χ1) is 8.58. The van der Waals surface area contributed by atoms with E-state index in [0.717, 1.165) is 20.2 Å². The number of nitrogens with one attached hydrogen (secondary N) is 1. The first kappa shape index (κ1) is 14.2. The average Bonchev–Trinajstić information content (AvgIpc) is 2.31. The molecule has 2 aromatic carbocycles. The van der Waals surface area contributed by atoms with E-state index in [9.17, 15) is 0 Å². The van der Waals surface area contributed by atoms with Crippen LogP contribution < -0.4 is 5.32 Å². The van der Waals surface area contributed by atoms with Gasteiger partial charge in [0.05, 0.1) is 5.69 Å². The fourth-order valence-corrected chi connectivity index (χ4v) is 3.27. The van der Waals surface area contributed by atoms with Gasteiger partial charge in [-0.05, 0) is 61.7 Å². The van der Waals surface area contributed by atoms with Gasteiger partial charge in [-0.3, -0.25) is 0 Å². The van der Waals surface area contributed by atoms with E-state index in [2.05, 4.69) is 37.2 Å². The van der Waals surface area contributed by atoms with Gasteiger partial charge in [-0.2, -0.15) is 0 Å². The summed E-state index contributed by atoms with van der Waals surface area (Å²) in [7, 11) is 0. The van der Waals surface area contributed by atoms with Gasteiger partial charge in [0.2, 0.25) is 0 Å². The summed E-state index contributed by atoms with van der Waals surface area (Å²) in [6, 6.07) is 11.4. The maximum atomic E-state index is 6.13. The zero-order valence-corrected chi connectivity index (χ0v) is 13.9. The number of rotatable bonds is 3. The highest BCUT2D eigenvalue weighted by atomic mass is 79.9. The summed E-state index contributed by atoms with van der Waals surface area (Å²) in [5.74, 6) is 0. The first-order valence-corrected chi connectivity index (χ1v) is 7.54. The molecule has 0 spiro atoms. The maximum Gasteiger partial charge on any atom is 0.0631 e. The molecule has 0 amide bonds. The van der Waals surface area contributed by atoms with Crippen LogP contribution >= 0.6 is 55.1 Å². The predicted octanol–water partition coefficient (Wildman–Crippen LogP) is 6.13. The van der Waals surface area contributed by atoms with Crippen molar-refractivity contribution < 1.29 is 0 Å². The lowest BCUT2D eigenvalue weighted by Crippen LogP contribution is -2.01. The monoisotopic (exact) mass is 407 g/mol. The molecule has 18 heavy (non-hydrogen) atoms. The highest BCUT2D eigenvalue weighted by Gasteiger charge is 2.06. The zero-order chi connectivity index (χ0) is 13.1. The van der Waals surface area contributed by atoms with Crippen molar-refractivity contribution in [3.05, 3.63) is 61.0 Å². The van der Waals surface area contributed by atoms with Crippen molar-refractivity contribution in [2.75, 3.05) is 5.32 Å². The van der Waals surface area contributed by atoms with Crippen molar-refractivity contribution in [3.63, 3.8) is 0 Å². The second-order valence-electron chi connectivity index (χ2n) is 3.69. The van der Waals surface area contributed by atoms with Gasteiger partial charge in [-0.15, -0.1) is 0 Å². The molecule has 94 valence electrons.